The first kappa shape index (κ1) is 17.1. The van der Waals surface area contributed by atoms with Gasteiger partial charge < -0.3 is 10.6 Å². The minimum atomic E-state index is -0.357. The predicted molar refractivity (Wildman–Crippen MR) is 97.8 cm³/mol. The van der Waals surface area contributed by atoms with Gasteiger partial charge in [0.15, 0.2) is 5.13 Å². The highest BCUT2D eigenvalue weighted by molar-refractivity contribution is 7.14. The number of thiazole rings is 1. The van der Waals surface area contributed by atoms with Crippen LogP contribution in [0.5, 0.6) is 0 Å². The summed E-state index contributed by atoms with van der Waals surface area (Å²) in [6.07, 6.45) is 1.68. The molecule has 0 bridgehead atoms. The molecule has 3 aromatic rings. The molecule has 0 aliphatic carbocycles. The van der Waals surface area contributed by atoms with E-state index in [1.807, 2.05) is 23.6 Å². The Balaban J connectivity index is 1.54. The number of benzene rings is 1. The molecule has 2 N–H and O–H groups in total. The SMILES string of the molecule is O=C(CNC(=O)c1ccc(Cl)cc1)Nc1nc(-c2ccccn2)cs1. The van der Waals surface area contributed by atoms with Gasteiger partial charge in [-0.25, -0.2) is 4.98 Å². The third kappa shape index (κ3) is 4.62. The lowest BCUT2D eigenvalue weighted by molar-refractivity contribution is -0.115. The Bertz CT molecular complexity index is 881. The highest BCUT2D eigenvalue weighted by Gasteiger charge is 2.11. The molecule has 0 spiro atoms. The minimum Gasteiger partial charge on any atom is -0.343 e. The van der Waals surface area contributed by atoms with Gasteiger partial charge in [0.2, 0.25) is 5.91 Å². The molecule has 3 rings (SSSR count). The van der Waals surface area contributed by atoms with Gasteiger partial charge in [-0.2, -0.15) is 0 Å². The molecule has 0 fully saturated rings. The first-order valence-corrected chi connectivity index (χ1v) is 8.58. The van der Waals surface area contributed by atoms with E-state index in [0.29, 0.717) is 21.4 Å². The summed E-state index contributed by atoms with van der Waals surface area (Å²) in [5, 5.41) is 8.00. The lowest BCUT2D eigenvalue weighted by Gasteiger charge is -2.05. The fourth-order valence-corrected chi connectivity index (χ4v) is 2.84. The van der Waals surface area contributed by atoms with Crippen LogP contribution in [0.25, 0.3) is 11.4 Å². The standard InChI is InChI=1S/C17H13ClN4O2S/c18-12-6-4-11(5-7-12)16(24)20-9-15(23)22-17-21-14(10-25-17)13-3-1-2-8-19-13/h1-8,10H,9H2,(H,20,24)(H,21,22,23). The number of nitrogens with one attached hydrogen (secondary N) is 2. The molecule has 0 aliphatic heterocycles. The largest absolute Gasteiger partial charge is 0.343 e. The maximum absolute atomic E-state index is 12.0. The van der Waals surface area contributed by atoms with Gasteiger partial charge in [0.05, 0.1) is 12.2 Å². The number of aromatic nitrogens is 2. The Morgan fingerprint density at radius 3 is 2.60 bits per heavy atom. The molecule has 0 radical (unpaired) electrons. The summed E-state index contributed by atoms with van der Waals surface area (Å²) in [7, 11) is 0. The lowest BCUT2D eigenvalue weighted by atomic mass is 10.2. The molecule has 2 heterocycles. The first-order valence-electron chi connectivity index (χ1n) is 7.32. The summed E-state index contributed by atoms with van der Waals surface area (Å²) < 4.78 is 0. The van der Waals surface area contributed by atoms with Crippen LogP contribution in [0, 0.1) is 0 Å². The number of hydrogen-bond acceptors (Lipinski definition) is 5. The molecule has 2 aromatic heterocycles. The van der Waals surface area contributed by atoms with Crippen LogP contribution in [0.3, 0.4) is 0 Å². The molecule has 1 aromatic carbocycles. The van der Waals surface area contributed by atoms with Crippen molar-refractivity contribution in [3.8, 4) is 11.4 Å². The second kappa shape index (κ2) is 7.87. The Kier molecular flexibility index (Phi) is 5.37. The Labute approximate surface area is 152 Å². The molecule has 0 unspecified atom stereocenters. The molecule has 126 valence electrons. The van der Waals surface area contributed by atoms with Crippen LogP contribution in [0.4, 0.5) is 5.13 Å². The zero-order chi connectivity index (χ0) is 17.6. The van der Waals surface area contributed by atoms with Crippen LogP contribution in [-0.2, 0) is 4.79 Å². The van der Waals surface area contributed by atoms with E-state index in [1.54, 1.807) is 30.5 Å². The fraction of sp³-hybridized carbons (Fsp3) is 0.0588. The number of amides is 2. The van der Waals surface area contributed by atoms with Gasteiger partial charge in [-0.3, -0.25) is 14.6 Å². The van der Waals surface area contributed by atoms with Crippen LogP contribution in [-0.4, -0.2) is 28.3 Å². The van der Waals surface area contributed by atoms with Crippen molar-refractivity contribution in [2.45, 2.75) is 0 Å². The van der Waals surface area contributed by atoms with Crippen LogP contribution < -0.4 is 10.6 Å². The van der Waals surface area contributed by atoms with Gasteiger partial charge in [0, 0.05) is 22.2 Å². The average Bonchev–Trinajstić information content (AvgIpc) is 3.09. The number of halogens is 1. The number of anilines is 1. The van der Waals surface area contributed by atoms with Crippen molar-refractivity contribution in [2.24, 2.45) is 0 Å². The van der Waals surface area contributed by atoms with E-state index in [9.17, 15) is 9.59 Å². The topological polar surface area (TPSA) is 84.0 Å². The number of carbonyl (C=O) groups is 2. The van der Waals surface area contributed by atoms with Crippen molar-refractivity contribution in [3.05, 3.63) is 64.6 Å². The van der Waals surface area contributed by atoms with Gasteiger partial charge in [-0.05, 0) is 36.4 Å². The zero-order valence-corrected chi connectivity index (χ0v) is 14.5. The summed E-state index contributed by atoms with van der Waals surface area (Å²) in [4.78, 5) is 32.4. The average molecular weight is 373 g/mol. The van der Waals surface area contributed by atoms with Crippen molar-refractivity contribution in [2.75, 3.05) is 11.9 Å². The van der Waals surface area contributed by atoms with E-state index in [-0.39, 0.29) is 18.4 Å². The van der Waals surface area contributed by atoms with E-state index < -0.39 is 0 Å². The van der Waals surface area contributed by atoms with Crippen molar-refractivity contribution >= 4 is 39.9 Å². The van der Waals surface area contributed by atoms with Crippen LogP contribution in [0.2, 0.25) is 5.02 Å². The van der Waals surface area contributed by atoms with Crippen molar-refractivity contribution in [1.82, 2.24) is 15.3 Å². The number of rotatable bonds is 5. The second-order valence-corrected chi connectivity index (χ2v) is 6.29. The van der Waals surface area contributed by atoms with Gasteiger partial charge in [-0.1, -0.05) is 17.7 Å². The van der Waals surface area contributed by atoms with Crippen LogP contribution >= 0.6 is 22.9 Å². The third-order valence-electron chi connectivity index (χ3n) is 3.19. The van der Waals surface area contributed by atoms with Gasteiger partial charge >= 0.3 is 0 Å². The summed E-state index contributed by atoms with van der Waals surface area (Å²) in [5.41, 5.74) is 1.85. The normalized spacial score (nSPS) is 10.3. The third-order valence-corrected chi connectivity index (χ3v) is 4.20. The summed E-state index contributed by atoms with van der Waals surface area (Å²) in [5.74, 6) is -0.704. The predicted octanol–water partition coefficient (Wildman–Crippen LogP) is 3.23. The molecule has 6 nitrogen and oxygen atoms in total. The zero-order valence-electron chi connectivity index (χ0n) is 12.9. The van der Waals surface area contributed by atoms with Gasteiger partial charge in [-0.15, -0.1) is 11.3 Å². The molecule has 0 saturated carbocycles. The van der Waals surface area contributed by atoms with E-state index >= 15 is 0 Å². The Hall–Kier alpha value is -2.77. The van der Waals surface area contributed by atoms with E-state index in [4.69, 9.17) is 11.6 Å². The van der Waals surface area contributed by atoms with Crippen LogP contribution in [0.15, 0.2) is 54.0 Å². The summed E-state index contributed by atoms with van der Waals surface area (Å²) in [6.45, 7) is -0.153. The first-order chi connectivity index (χ1) is 12.1. The molecular weight excluding hydrogens is 360 g/mol. The van der Waals surface area contributed by atoms with Gasteiger partial charge in [0.25, 0.3) is 5.91 Å². The molecule has 0 aliphatic rings. The minimum absolute atomic E-state index is 0.153. The number of nitrogens with zero attached hydrogens (tertiary/aromatic N) is 2. The van der Waals surface area contributed by atoms with Crippen LogP contribution in [0.1, 0.15) is 10.4 Å². The number of carbonyl (C=O) groups excluding carboxylic acids is 2. The fourth-order valence-electron chi connectivity index (χ4n) is 1.99. The maximum Gasteiger partial charge on any atom is 0.251 e. The molecule has 25 heavy (non-hydrogen) atoms. The monoisotopic (exact) mass is 372 g/mol. The summed E-state index contributed by atoms with van der Waals surface area (Å²) >= 11 is 7.07. The molecule has 0 saturated heterocycles. The summed E-state index contributed by atoms with van der Waals surface area (Å²) in [6, 6.07) is 11.9. The van der Waals surface area contributed by atoms with Crippen molar-refractivity contribution in [1.29, 1.82) is 0 Å². The molecular formula is C17H13ClN4O2S. The lowest BCUT2D eigenvalue weighted by Crippen LogP contribution is -2.32. The van der Waals surface area contributed by atoms with Crippen molar-refractivity contribution in [3.63, 3.8) is 0 Å². The van der Waals surface area contributed by atoms with E-state index in [1.165, 1.54) is 11.3 Å². The molecule has 0 atom stereocenters. The van der Waals surface area contributed by atoms with Gasteiger partial charge in [0.1, 0.15) is 5.69 Å². The second-order valence-electron chi connectivity index (χ2n) is 4.99. The quantitative estimate of drug-likeness (QED) is 0.720. The Morgan fingerprint density at radius 1 is 1.08 bits per heavy atom. The smallest absolute Gasteiger partial charge is 0.251 e. The Morgan fingerprint density at radius 2 is 1.88 bits per heavy atom. The molecule has 8 heteroatoms. The number of hydrogen-bond donors (Lipinski definition) is 2. The van der Waals surface area contributed by atoms with E-state index in [2.05, 4.69) is 20.6 Å². The highest BCUT2D eigenvalue weighted by atomic mass is 35.5. The number of pyridine rings is 1. The highest BCUT2D eigenvalue weighted by Crippen LogP contribution is 2.22. The van der Waals surface area contributed by atoms with E-state index in [0.717, 1.165) is 5.69 Å². The van der Waals surface area contributed by atoms with Crippen molar-refractivity contribution < 1.29 is 9.59 Å². The molecule has 2 amide bonds. The maximum atomic E-state index is 12.0.